The van der Waals surface area contributed by atoms with Gasteiger partial charge >= 0.3 is 0 Å². The number of hydrogen-bond acceptors (Lipinski definition) is 3. The van der Waals surface area contributed by atoms with E-state index in [-0.39, 0.29) is 0 Å². The van der Waals surface area contributed by atoms with Gasteiger partial charge in [0.2, 0.25) is 0 Å². The molecule has 5 aromatic rings. The maximum Gasteiger partial charge on any atom is 0.0708 e. The van der Waals surface area contributed by atoms with Gasteiger partial charge < -0.3 is 0 Å². The summed E-state index contributed by atoms with van der Waals surface area (Å²) >= 11 is 0. The molecule has 25 heavy (non-hydrogen) atoms. The second-order valence-electron chi connectivity index (χ2n) is 6.00. The molecule has 0 amide bonds. The van der Waals surface area contributed by atoms with Gasteiger partial charge in [0.25, 0.3) is 0 Å². The SMILES string of the molecule is c1cc(-c2ccnc3ccc(-c4ccc5[nH]ncc5c4)cc23)ccn1. The van der Waals surface area contributed by atoms with E-state index < -0.39 is 0 Å². The first kappa shape index (κ1) is 13.9. The fourth-order valence-corrected chi connectivity index (χ4v) is 3.23. The molecule has 4 nitrogen and oxygen atoms in total. The van der Waals surface area contributed by atoms with E-state index in [0.717, 1.165) is 27.4 Å². The summed E-state index contributed by atoms with van der Waals surface area (Å²) in [5.41, 5.74) is 6.67. The molecule has 0 aliphatic rings. The smallest absolute Gasteiger partial charge is 0.0708 e. The van der Waals surface area contributed by atoms with E-state index in [1.54, 1.807) is 0 Å². The van der Waals surface area contributed by atoms with Crippen LogP contribution in [0.5, 0.6) is 0 Å². The minimum atomic E-state index is 0.988. The summed E-state index contributed by atoms with van der Waals surface area (Å²) in [4.78, 5) is 8.63. The minimum absolute atomic E-state index is 0.988. The minimum Gasteiger partial charge on any atom is -0.278 e. The lowest BCUT2D eigenvalue weighted by molar-refractivity contribution is 1.12. The first-order chi connectivity index (χ1) is 12.4. The van der Waals surface area contributed by atoms with Crippen molar-refractivity contribution in [3.63, 3.8) is 0 Å². The van der Waals surface area contributed by atoms with Gasteiger partial charge in [0, 0.05) is 29.4 Å². The molecule has 0 radical (unpaired) electrons. The van der Waals surface area contributed by atoms with Gasteiger partial charge in [-0.25, -0.2) is 0 Å². The van der Waals surface area contributed by atoms with Crippen molar-refractivity contribution in [1.29, 1.82) is 0 Å². The number of fused-ring (bicyclic) bond motifs is 2. The summed E-state index contributed by atoms with van der Waals surface area (Å²) in [5.74, 6) is 0. The van der Waals surface area contributed by atoms with Crippen LogP contribution in [0.4, 0.5) is 0 Å². The Balaban J connectivity index is 1.72. The third-order valence-corrected chi connectivity index (χ3v) is 4.51. The highest BCUT2D eigenvalue weighted by molar-refractivity contribution is 5.97. The topological polar surface area (TPSA) is 54.5 Å². The number of rotatable bonds is 2. The van der Waals surface area contributed by atoms with Gasteiger partial charge in [-0.3, -0.25) is 15.1 Å². The molecule has 4 heteroatoms. The number of hydrogen-bond donors (Lipinski definition) is 1. The van der Waals surface area contributed by atoms with Crippen LogP contribution in [0, 0.1) is 0 Å². The van der Waals surface area contributed by atoms with Crippen LogP contribution in [-0.4, -0.2) is 20.2 Å². The third-order valence-electron chi connectivity index (χ3n) is 4.51. The second-order valence-corrected chi connectivity index (χ2v) is 6.00. The van der Waals surface area contributed by atoms with Crippen LogP contribution < -0.4 is 0 Å². The molecule has 3 aromatic heterocycles. The van der Waals surface area contributed by atoms with Crippen LogP contribution in [-0.2, 0) is 0 Å². The van der Waals surface area contributed by atoms with Crippen molar-refractivity contribution >= 4 is 21.8 Å². The molecule has 5 rings (SSSR count). The Morgan fingerprint density at radius 1 is 0.720 bits per heavy atom. The zero-order valence-corrected chi connectivity index (χ0v) is 13.3. The summed E-state index contributed by atoms with van der Waals surface area (Å²) in [6.45, 7) is 0. The molecule has 0 saturated carbocycles. The highest BCUT2D eigenvalue weighted by Gasteiger charge is 2.07. The van der Waals surface area contributed by atoms with Crippen LogP contribution in [0.3, 0.4) is 0 Å². The number of H-pyrrole nitrogens is 1. The maximum absolute atomic E-state index is 4.51. The highest BCUT2D eigenvalue weighted by Crippen LogP contribution is 2.31. The molecule has 0 aliphatic carbocycles. The average molecular weight is 322 g/mol. The number of nitrogens with one attached hydrogen (secondary N) is 1. The van der Waals surface area contributed by atoms with E-state index in [1.807, 2.05) is 36.9 Å². The van der Waals surface area contributed by atoms with E-state index in [2.05, 4.69) is 62.6 Å². The largest absolute Gasteiger partial charge is 0.278 e. The lowest BCUT2D eigenvalue weighted by Gasteiger charge is -2.09. The number of aromatic nitrogens is 4. The first-order valence-corrected chi connectivity index (χ1v) is 8.11. The Bertz CT molecular complexity index is 1190. The van der Waals surface area contributed by atoms with E-state index in [4.69, 9.17) is 0 Å². The van der Waals surface area contributed by atoms with Crippen LogP contribution in [0.25, 0.3) is 44.1 Å². The van der Waals surface area contributed by atoms with Crippen LogP contribution >= 0.6 is 0 Å². The van der Waals surface area contributed by atoms with Crippen LogP contribution in [0.15, 0.2) is 79.4 Å². The molecule has 0 unspecified atom stereocenters. The molecule has 2 aromatic carbocycles. The summed E-state index contributed by atoms with van der Waals surface area (Å²) < 4.78 is 0. The van der Waals surface area contributed by atoms with Crippen molar-refractivity contribution in [2.75, 3.05) is 0 Å². The van der Waals surface area contributed by atoms with Crippen LogP contribution in [0.2, 0.25) is 0 Å². The number of nitrogens with zero attached hydrogens (tertiary/aromatic N) is 3. The summed E-state index contributed by atoms with van der Waals surface area (Å²) in [5, 5.41) is 9.34. The van der Waals surface area contributed by atoms with Gasteiger partial charge in [0.1, 0.15) is 0 Å². The molecule has 0 fully saturated rings. The quantitative estimate of drug-likeness (QED) is 0.506. The van der Waals surface area contributed by atoms with E-state index in [1.165, 1.54) is 16.7 Å². The second kappa shape index (κ2) is 5.53. The number of benzene rings is 2. The Morgan fingerprint density at radius 2 is 1.56 bits per heavy atom. The predicted octanol–water partition coefficient (Wildman–Crippen LogP) is 4.84. The van der Waals surface area contributed by atoms with Gasteiger partial charge in [0.15, 0.2) is 0 Å². The van der Waals surface area contributed by atoms with Crippen molar-refractivity contribution in [3.05, 3.63) is 79.4 Å². The summed E-state index contributed by atoms with van der Waals surface area (Å²) in [6.07, 6.45) is 7.34. The standard InChI is InChI=1S/C21H14N4/c1-3-20-17(13-24-25-20)11-15(1)16-2-4-21-19(12-16)18(7-10-23-21)14-5-8-22-9-6-14/h1-13H,(H,24,25). The fraction of sp³-hybridized carbons (Fsp3) is 0. The molecule has 0 aliphatic heterocycles. The first-order valence-electron chi connectivity index (χ1n) is 8.11. The van der Waals surface area contributed by atoms with E-state index >= 15 is 0 Å². The molecule has 0 spiro atoms. The average Bonchev–Trinajstić information content (AvgIpc) is 3.15. The molecule has 0 atom stereocenters. The molecule has 0 bridgehead atoms. The van der Waals surface area contributed by atoms with Crippen molar-refractivity contribution < 1.29 is 0 Å². The van der Waals surface area contributed by atoms with Gasteiger partial charge in [-0.1, -0.05) is 12.1 Å². The normalized spacial score (nSPS) is 11.2. The molecule has 3 heterocycles. The Morgan fingerprint density at radius 3 is 2.48 bits per heavy atom. The van der Waals surface area contributed by atoms with Crippen molar-refractivity contribution in [1.82, 2.24) is 20.2 Å². The van der Waals surface area contributed by atoms with Crippen molar-refractivity contribution in [2.24, 2.45) is 0 Å². The maximum atomic E-state index is 4.51. The summed E-state index contributed by atoms with van der Waals surface area (Å²) in [7, 11) is 0. The molecule has 0 saturated heterocycles. The van der Waals surface area contributed by atoms with Gasteiger partial charge in [-0.05, 0) is 64.7 Å². The third kappa shape index (κ3) is 2.35. The summed E-state index contributed by atoms with van der Waals surface area (Å²) in [6, 6.07) is 18.8. The Labute approximate surface area is 144 Å². The monoisotopic (exact) mass is 322 g/mol. The lowest BCUT2D eigenvalue weighted by Crippen LogP contribution is -1.86. The van der Waals surface area contributed by atoms with Crippen molar-refractivity contribution in [3.8, 4) is 22.3 Å². The lowest BCUT2D eigenvalue weighted by atomic mass is 9.97. The highest BCUT2D eigenvalue weighted by atomic mass is 15.1. The van der Waals surface area contributed by atoms with E-state index in [9.17, 15) is 0 Å². The Hall–Kier alpha value is -3.53. The zero-order valence-electron chi connectivity index (χ0n) is 13.3. The van der Waals surface area contributed by atoms with Crippen molar-refractivity contribution in [2.45, 2.75) is 0 Å². The van der Waals surface area contributed by atoms with Gasteiger partial charge in [-0.2, -0.15) is 5.10 Å². The van der Waals surface area contributed by atoms with E-state index in [0.29, 0.717) is 0 Å². The van der Waals surface area contributed by atoms with Gasteiger partial charge in [-0.15, -0.1) is 0 Å². The molecular formula is C21H14N4. The molecule has 118 valence electrons. The Kier molecular flexibility index (Phi) is 3.07. The zero-order chi connectivity index (χ0) is 16.6. The molecule has 1 N–H and O–H groups in total. The number of aromatic amines is 1. The fourth-order valence-electron chi connectivity index (χ4n) is 3.23. The number of pyridine rings is 2. The predicted molar refractivity (Wildman–Crippen MR) is 100 cm³/mol. The van der Waals surface area contributed by atoms with Crippen LogP contribution in [0.1, 0.15) is 0 Å². The van der Waals surface area contributed by atoms with Gasteiger partial charge in [0.05, 0.1) is 17.2 Å². The molecular weight excluding hydrogens is 308 g/mol.